The topological polar surface area (TPSA) is 82.5 Å². The monoisotopic (exact) mass is 411 g/mol. The molecule has 6 atom stereocenters. The van der Waals surface area contributed by atoms with E-state index in [1.54, 1.807) is 6.20 Å². The third-order valence-electron chi connectivity index (χ3n) is 8.23. The Kier molecular flexibility index (Phi) is 5.42. The standard InChI is InChI=1S/C24H33N3O3/c28-23(29)11-15-2-1-7-27(14-15)22-6-4-18(13-25-22)24(30)26-21-5-3-17-8-16-9-19(17)12-20(21)10-16/h4,6,13,15-17,19-21H,1-3,5,7-12,14H2,(H,26,30)(H,28,29). The maximum Gasteiger partial charge on any atom is 0.303 e. The van der Waals surface area contributed by atoms with Gasteiger partial charge in [0.2, 0.25) is 0 Å². The smallest absolute Gasteiger partial charge is 0.303 e. The number of aromatic nitrogens is 1. The van der Waals surface area contributed by atoms with Gasteiger partial charge >= 0.3 is 5.97 Å². The highest BCUT2D eigenvalue weighted by Gasteiger charge is 2.45. The number of amides is 1. The molecule has 4 aliphatic rings. The van der Waals surface area contributed by atoms with Gasteiger partial charge < -0.3 is 15.3 Å². The summed E-state index contributed by atoms with van der Waals surface area (Å²) in [6, 6.07) is 4.10. The quantitative estimate of drug-likeness (QED) is 0.772. The van der Waals surface area contributed by atoms with Gasteiger partial charge in [-0.3, -0.25) is 9.59 Å². The lowest BCUT2D eigenvalue weighted by molar-refractivity contribution is -0.138. The van der Waals surface area contributed by atoms with Gasteiger partial charge in [0, 0.05) is 31.7 Å². The van der Waals surface area contributed by atoms with Crippen LogP contribution in [0.2, 0.25) is 0 Å². The van der Waals surface area contributed by atoms with Crippen LogP contribution in [-0.2, 0) is 4.79 Å². The number of fused-ring (bicyclic) bond motifs is 2. The van der Waals surface area contributed by atoms with Gasteiger partial charge in [-0.15, -0.1) is 0 Å². The largest absolute Gasteiger partial charge is 0.481 e. The van der Waals surface area contributed by atoms with Gasteiger partial charge in [0.1, 0.15) is 5.82 Å². The van der Waals surface area contributed by atoms with Gasteiger partial charge in [-0.05, 0) is 93.1 Å². The highest BCUT2D eigenvalue weighted by atomic mass is 16.4. The zero-order valence-corrected chi connectivity index (χ0v) is 17.6. The molecule has 3 bridgehead atoms. The fourth-order valence-electron chi connectivity index (χ4n) is 6.88. The van der Waals surface area contributed by atoms with E-state index in [1.807, 2.05) is 12.1 Å². The molecule has 162 valence electrons. The van der Waals surface area contributed by atoms with Crippen LogP contribution in [0.5, 0.6) is 0 Å². The summed E-state index contributed by atoms with van der Waals surface area (Å²) in [5.74, 6) is 3.63. The Labute approximate surface area is 178 Å². The molecule has 5 rings (SSSR count). The lowest BCUT2D eigenvalue weighted by Crippen LogP contribution is -2.42. The summed E-state index contributed by atoms with van der Waals surface area (Å²) in [6.45, 7) is 1.61. The Hall–Kier alpha value is -2.11. The van der Waals surface area contributed by atoms with Crippen molar-refractivity contribution in [2.45, 2.75) is 63.8 Å². The number of hydrogen-bond acceptors (Lipinski definition) is 4. The molecule has 6 heteroatoms. The molecule has 4 fully saturated rings. The van der Waals surface area contributed by atoms with Crippen LogP contribution in [0.15, 0.2) is 18.3 Å². The molecule has 2 heterocycles. The average Bonchev–Trinajstić information content (AvgIpc) is 2.97. The molecule has 6 unspecified atom stereocenters. The van der Waals surface area contributed by atoms with Gasteiger partial charge in [-0.2, -0.15) is 0 Å². The molecule has 1 amide bonds. The summed E-state index contributed by atoms with van der Waals surface area (Å²) < 4.78 is 0. The predicted octanol–water partition coefficient (Wildman–Crippen LogP) is 3.72. The number of piperidine rings is 1. The van der Waals surface area contributed by atoms with E-state index in [2.05, 4.69) is 15.2 Å². The molecule has 30 heavy (non-hydrogen) atoms. The number of carbonyl (C=O) groups is 2. The van der Waals surface area contributed by atoms with E-state index in [1.165, 1.54) is 32.1 Å². The SMILES string of the molecule is O=C(O)CC1CCCN(c2ccc(C(=O)NC3CCC4CC5CC4CC3C5)cn2)C1. The predicted molar refractivity (Wildman–Crippen MR) is 114 cm³/mol. The van der Waals surface area contributed by atoms with Crippen molar-refractivity contribution in [3.63, 3.8) is 0 Å². The molecular formula is C24H33N3O3. The third kappa shape index (κ3) is 4.06. The number of carbonyl (C=O) groups excluding carboxylic acids is 1. The van der Waals surface area contributed by atoms with Gasteiger partial charge in [0.15, 0.2) is 0 Å². The van der Waals surface area contributed by atoms with Crippen molar-refractivity contribution in [2.75, 3.05) is 18.0 Å². The molecule has 0 spiro atoms. The maximum atomic E-state index is 12.9. The van der Waals surface area contributed by atoms with Crippen LogP contribution in [0.25, 0.3) is 0 Å². The molecule has 0 radical (unpaired) electrons. The molecule has 2 N–H and O–H groups in total. The van der Waals surface area contributed by atoms with E-state index >= 15 is 0 Å². The Morgan fingerprint density at radius 3 is 2.70 bits per heavy atom. The Morgan fingerprint density at radius 1 is 1.07 bits per heavy atom. The summed E-state index contributed by atoms with van der Waals surface area (Å²) in [7, 11) is 0. The van der Waals surface area contributed by atoms with Crippen molar-refractivity contribution in [3.8, 4) is 0 Å². The number of anilines is 1. The van der Waals surface area contributed by atoms with Crippen molar-refractivity contribution in [3.05, 3.63) is 23.9 Å². The van der Waals surface area contributed by atoms with Crippen molar-refractivity contribution >= 4 is 17.7 Å². The van der Waals surface area contributed by atoms with E-state index in [0.717, 1.165) is 55.9 Å². The van der Waals surface area contributed by atoms with Crippen LogP contribution < -0.4 is 10.2 Å². The Morgan fingerprint density at radius 2 is 1.90 bits per heavy atom. The normalized spacial score (nSPS) is 35.1. The summed E-state index contributed by atoms with van der Waals surface area (Å²) in [5, 5.41) is 12.4. The van der Waals surface area contributed by atoms with Gasteiger partial charge in [-0.1, -0.05) is 0 Å². The second kappa shape index (κ2) is 8.20. The number of carboxylic acid groups (broad SMARTS) is 1. The molecule has 1 aliphatic heterocycles. The second-order valence-electron chi connectivity index (χ2n) is 10.2. The van der Waals surface area contributed by atoms with E-state index in [4.69, 9.17) is 5.11 Å². The van der Waals surface area contributed by atoms with Gasteiger partial charge in [-0.25, -0.2) is 4.98 Å². The van der Waals surface area contributed by atoms with Crippen LogP contribution in [0.3, 0.4) is 0 Å². The van der Waals surface area contributed by atoms with Crippen molar-refractivity contribution < 1.29 is 14.7 Å². The first kappa shape index (κ1) is 19.8. The van der Waals surface area contributed by atoms with Crippen LogP contribution in [0, 0.1) is 29.6 Å². The first-order chi connectivity index (χ1) is 14.5. The molecular weight excluding hydrogens is 378 g/mol. The highest BCUT2D eigenvalue weighted by Crippen LogP contribution is 2.53. The summed E-state index contributed by atoms with van der Waals surface area (Å²) in [6.07, 6.45) is 11.7. The Balaban J connectivity index is 1.20. The lowest BCUT2D eigenvalue weighted by atomic mass is 9.77. The van der Waals surface area contributed by atoms with E-state index in [0.29, 0.717) is 17.5 Å². The molecule has 1 aromatic heterocycles. The third-order valence-corrected chi connectivity index (χ3v) is 8.23. The minimum atomic E-state index is -0.734. The van der Waals surface area contributed by atoms with Crippen LogP contribution >= 0.6 is 0 Å². The molecule has 1 saturated heterocycles. The van der Waals surface area contributed by atoms with Crippen molar-refractivity contribution in [1.82, 2.24) is 10.3 Å². The molecule has 0 aromatic carbocycles. The van der Waals surface area contributed by atoms with Crippen LogP contribution in [-0.4, -0.2) is 41.1 Å². The van der Waals surface area contributed by atoms with Gasteiger partial charge in [0.05, 0.1) is 5.56 Å². The molecule has 1 aromatic rings. The summed E-state index contributed by atoms with van der Waals surface area (Å²) in [4.78, 5) is 30.6. The number of hydrogen-bond donors (Lipinski definition) is 2. The highest BCUT2D eigenvalue weighted by molar-refractivity contribution is 5.94. The molecule has 6 nitrogen and oxygen atoms in total. The number of pyridine rings is 1. The number of rotatable bonds is 5. The number of nitrogens with one attached hydrogen (secondary N) is 1. The fourth-order valence-corrected chi connectivity index (χ4v) is 6.88. The zero-order valence-electron chi connectivity index (χ0n) is 17.6. The Bertz CT molecular complexity index is 795. The van der Waals surface area contributed by atoms with Gasteiger partial charge in [0.25, 0.3) is 5.91 Å². The van der Waals surface area contributed by atoms with Crippen LogP contribution in [0.4, 0.5) is 5.82 Å². The van der Waals surface area contributed by atoms with Crippen LogP contribution in [0.1, 0.15) is 68.1 Å². The van der Waals surface area contributed by atoms with Crippen molar-refractivity contribution in [1.29, 1.82) is 0 Å². The summed E-state index contributed by atoms with van der Waals surface area (Å²) in [5.41, 5.74) is 0.625. The maximum absolute atomic E-state index is 12.9. The second-order valence-corrected chi connectivity index (χ2v) is 10.2. The number of carboxylic acids is 1. The van der Waals surface area contributed by atoms with E-state index < -0.39 is 5.97 Å². The first-order valence-electron chi connectivity index (χ1n) is 11.8. The first-order valence-corrected chi connectivity index (χ1v) is 11.8. The fraction of sp³-hybridized carbons (Fsp3) is 0.708. The average molecular weight is 412 g/mol. The van der Waals surface area contributed by atoms with E-state index in [9.17, 15) is 9.59 Å². The lowest BCUT2D eigenvalue weighted by Gasteiger charge is -2.33. The van der Waals surface area contributed by atoms with E-state index in [-0.39, 0.29) is 18.2 Å². The zero-order chi connectivity index (χ0) is 20.7. The number of aliphatic carboxylic acids is 1. The van der Waals surface area contributed by atoms with Crippen molar-refractivity contribution in [2.24, 2.45) is 29.6 Å². The minimum absolute atomic E-state index is 0.000792. The number of nitrogens with zero attached hydrogens (tertiary/aromatic N) is 2. The molecule has 3 aliphatic carbocycles. The minimum Gasteiger partial charge on any atom is -0.481 e. The molecule has 3 saturated carbocycles. The summed E-state index contributed by atoms with van der Waals surface area (Å²) >= 11 is 0.